The third kappa shape index (κ3) is 5.44. The van der Waals surface area contributed by atoms with Gasteiger partial charge in [-0.1, -0.05) is 59.6 Å². The zero-order chi connectivity index (χ0) is 16.0. The summed E-state index contributed by atoms with van der Waals surface area (Å²) in [6.45, 7) is 2.48. The molecule has 0 fully saturated rings. The molecule has 0 unspecified atom stereocenters. The Labute approximate surface area is 137 Å². The molecule has 0 saturated heterocycles. The van der Waals surface area contributed by atoms with Crippen LogP contribution in [0.25, 0.3) is 0 Å². The van der Waals surface area contributed by atoms with Crippen LogP contribution in [0, 0.1) is 6.92 Å². The first-order chi connectivity index (χ1) is 10.5. The second-order valence-electron chi connectivity index (χ2n) is 5.34. The van der Waals surface area contributed by atoms with E-state index in [9.17, 15) is 8.42 Å². The number of sulfonamides is 1. The van der Waals surface area contributed by atoms with Crippen LogP contribution in [0.1, 0.15) is 23.1 Å². The van der Waals surface area contributed by atoms with Crippen molar-refractivity contribution in [2.24, 2.45) is 0 Å². The van der Waals surface area contributed by atoms with Crippen LogP contribution in [0.15, 0.2) is 48.5 Å². The number of rotatable bonds is 7. The molecule has 0 heterocycles. The summed E-state index contributed by atoms with van der Waals surface area (Å²) in [6, 6.07) is 15.3. The topological polar surface area (TPSA) is 46.2 Å². The summed E-state index contributed by atoms with van der Waals surface area (Å²) in [5, 5.41) is 0.479. The Bertz CT molecular complexity index is 729. The Morgan fingerprint density at radius 3 is 2.59 bits per heavy atom. The second-order valence-corrected chi connectivity index (χ2v) is 7.55. The molecular formula is C17H20ClNO2S. The van der Waals surface area contributed by atoms with E-state index in [2.05, 4.69) is 29.8 Å². The summed E-state index contributed by atoms with van der Waals surface area (Å²) in [5.74, 6) is -0.0862. The summed E-state index contributed by atoms with van der Waals surface area (Å²) in [6.07, 6.45) is 1.63. The Hall–Kier alpha value is -1.36. The molecule has 0 aliphatic heterocycles. The first-order valence-corrected chi connectivity index (χ1v) is 9.25. The van der Waals surface area contributed by atoms with Crippen LogP contribution in [-0.2, 0) is 22.2 Å². The van der Waals surface area contributed by atoms with E-state index in [1.807, 2.05) is 6.07 Å². The minimum absolute atomic E-state index is 0.0862. The van der Waals surface area contributed by atoms with Crippen molar-refractivity contribution in [2.45, 2.75) is 25.5 Å². The molecule has 0 aliphatic rings. The maximum absolute atomic E-state index is 12.0. The highest BCUT2D eigenvalue weighted by atomic mass is 35.5. The smallest absolute Gasteiger partial charge is 0.215 e. The largest absolute Gasteiger partial charge is 0.215 e. The zero-order valence-electron chi connectivity index (χ0n) is 12.5. The van der Waals surface area contributed by atoms with Crippen LogP contribution in [0.2, 0.25) is 5.02 Å². The van der Waals surface area contributed by atoms with Crippen molar-refractivity contribution in [1.82, 2.24) is 4.72 Å². The molecule has 0 amide bonds. The van der Waals surface area contributed by atoms with Crippen LogP contribution >= 0.6 is 11.6 Å². The average molecular weight is 338 g/mol. The van der Waals surface area contributed by atoms with Crippen molar-refractivity contribution in [3.8, 4) is 0 Å². The van der Waals surface area contributed by atoms with Crippen molar-refractivity contribution in [3.05, 3.63) is 70.2 Å². The lowest BCUT2D eigenvalue weighted by Gasteiger charge is -2.08. The Morgan fingerprint density at radius 2 is 1.86 bits per heavy atom. The number of hydrogen-bond donors (Lipinski definition) is 1. The molecule has 1 N–H and O–H groups in total. The highest BCUT2D eigenvalue weighted by Crippen LogP contribution is 2.17. The monoisotopic (exact) mass is 337 g/mol. The van der Waals surface area contributed by atoms with Gasteiger partial charge in [0, 0.05) is 11.6 Å². The zero-order valence-corrected chi connectivity index (χ0v) is 14.1. The molecule has 2 rings (SSSR count). The molecule has 0 bridgehead atoms. The quantitative estimate of drug-likeness (QED) is 0.783. The molecule has 0 spiro atoms. The average Bonchev–Trinajstić information content (AvgIpc) is 2.46. The maximum Gasteiger partial charge on any atom is 0.215 e. The SMILES string of the molecule is Cc1cccc(CCCNS(=O)(=O)Cc2ccccc2Cl)c1. The van der Waals surface area contributed by atoms with Crippen LogP contribution < -0.4 is 4.72 Å². The molecular weight excluding hydrogens is 318 g/mol. The summed E-state index contributed by atoms with van der Waals surface area (Å²) in [4.78, 5) is 0. The molecule has 2 aromatic carbocycles. The molecule has 0 atom stereocenters. The van der Waals surface area contributed by atoms with Gasteiger partial charge >= 0.3 is 0 Å². The van der Waals surface area contributed by atoms with Gasteiger partial charge in [-0.25, -0.2) is 13.1 Å². The van der Waals surface area contributed by atoms with Gasteiger partial charge in [-0.3, -0.25) is 0 Å². The van der Waals surface area contributed by atoms with E-state index in [0.29, 0.717) is 17.1 Å². The van der Waals surface area contributed by atoms with Crippen LogP contribution in [0.5, 0.6) is 0 Å². The van der Waals surface area contributed by atoms with Gasteiger partial charge in [0.25, 0.3) is 0 Å². The molecule has 5 heteroatoms. The minimum atomic E-state index is -3.35. The highest BCUT2D eigenvalue weighted by Gasteiger charge is 2.12. The number of halogens is 1. The van der Waals surface area contributed by atoms with Gasteiger partial charge in [0.1, 0.15) is 0 Å². The van der Waals surface area contributed by atoms with E-state index in [1.54, 1.807) is 24.3 Å². The fraction of sp³-hybridized carbons (Fsp3) is 0.294. The van der Waals surface area contributed by atoms with E-state index >= 15 is 0 Å². The Kier molecular flexibility index (Phi) is 6.00. The summed E-state index contributed by atoms with van der Waals surface area (Å²) >= 11 is 5.99. The molecule has 118 valence electrons. The fourth-order valence-corrected chi connectivity index (χ4v) is 3.76. The summed E-state index contributed by atoms with van der Waals surface area (Å²) in [7, 11) is -3.35. The lowest BCUT2D eigenvalue weighted by atomic mass is 10.1. The van der Waals surface area contributed by atoms with Gasteiger partial charge in [0.15, 0.2) is 0 Å². The predicted octanol–water partition coefficient (Wildman–Crippen LogP) is 3.70. The van der Waals surface area contributed by atoms with Crippen molar-refractivity contribution in [2.75, 3.05) is 6.54 Å². The lowest BCUT2D eigenvalue weighted by Crippen LogP contribution is -2.26. The van der Waals surface area contributed by atoms with E-state index in [4.69, 9.17) is 11.6 Å². The lowest BCUT2D eigenvalue weighted by molar-refractivity contribution is 0.578. The number of aryl methyl sites for hydroxylation is 2. The van der Waals surface area contributed by atoms with Crippen LogP contribution in [-0.4, -0.2) is 15.0 Å². The van der Waals surface area contributed by atoms with Crippen LogP contribution in [0.4, 0.5) is 0 Å². The third-order valence-corrected chi connectivity index (χ3v) is 5.05. The minimum Gasteiger partial charge on any atom is -0.215 e. The summed E-state index contributed by atoms with van der Waals surface area (Å²) < 4.78 is 26.7. The number of nitrogens with one attached hydrogen (secondary N) is 1. The van der Waals surface area contributed by atoms with E-state index in [-0.39, 0.29) is 5.75 Å². The first-order valence-electron chi connectivity index (χ1n) is 7.22. The standard InChI is InChI=1S/C17H20ClNO2S/c1-14-6-4-7-15(12-14)8-5-11-19-22(20,21)13-16-9-2-3-10-17(16)18/h2-4,6-7,9-10,12,19H,5,8,11,13H2,1H3. The molecule has 0 radical (unpaired) electrons. The van der Waals surface area contributed by atoms with Gasteiger partial charge in [-0.05, 0) is 37.0 Å². The maximum atomic E-state index is 12.0. The third-order valence-electron chi connectivity index (χ3n) is 3.35. The van der Waals surface area contributed by atoms with Gasteiger partial charge in [0.05, 0.1) is 5.75 Å². The van der Waals surface area contributed by atoms with Gasteiger partial charge < -0.3 is 0 Å². The van der Waals surface area contributed by atoms with Crippen molar-refractivity contribution < 1.29 is 8.42 Å². The predicted molar refractivity (Wildman–Crippen MR) is 91.6 cm³/mol. The first kappa shape index (κ1) is 17.0. The normalized spacial score (nSPS) is 11.5. The van der Waals surface area contributed by atoms with Gasteiger partial charge in [0.2, 0.25) is 10.0 Å². The van der Waals surface area contributed by atoms with Crippen molar-refractivity contribution in [3.63, 3.8) is 0 Å². The summed E-state index contributed by atoms with van der Waals surface area (Å²) in [5.41, 5.74) is 3.07. The van der Waals surface area contributed by atoms with E-state index in [0.717, 1.165) is 12.8 Å². The molecule has 3 nitrogen and oxygen atoms in total. The number of benzene rings is 2. The number of hydrogen-bond acceptors (Lipinski definition) is 2. The van der Waals surface area contributed by atoms with Crippen molar-refractivity contribution in [1.29, 1.82) is 0 Å². The molecule has 0 aromatic heterocycles. The highest BCUT2D eigenvalue weighted by molar-refractivity contribution is 7.88. The molecule has 0 aliphatic carbocycles. The molecule has 22 heavy (non-hydrogen) atoms. The second kappa shape index (κ2) is 7.77. The molecule has 2 aromatic rings. The Balaban J connectivity index is 1.82. The van der Waals surface area contributed by atoms with Gasteiger partial charge in [-0.2, -0.15) is 0 Å². The Morgan fingerprint density at radius 1 is 1.09 bits per heavy atom. The van der Waals surface area contributed by atoms with E-state index in [1.165, 1.54) is 11.1 Å². The van der Waals surface area contributed by atoms with Gasteiger partial charge in [-0.15, -0.1) is 0 Å². The van der Waals surface area contributed by atoms with Crippen LogP contribution in [0.3, 0.4) is 0 Å². The van der Waals surface area contributed by atoms with Crippen molar-refractivity contribution >= 4 is 21.6 Å². The fourth-order valence-electron chi connectivity index (χ4n) is 2.26. The molecule has 0 saturated carbocycles. The van der Waals surface area contributed by atoms with E-state index < -0.39 is 10.0 Å².